The lowest BCUT2D eigenvalue weighted by Gasteiger charge is -2.12. The van der Waals surface area contributed by atoms with Crippen LogP contribution in [0.4, 0.5) is 0 Å². The van der Waals surface area contributed by atoms with Gasteiger partial charge in [0.05, 0.1) is 17.5 Å². The number of carbonyl (C=O) groups is 1. The van der Waals surface area contributed by atoms with Crippen LogP contribution in [0.3, 0.4) is 0 Å². The summed E-state index contributed by atoms with van der Waals surface area (Å²) in [5.74, 6) is -0.229. The van der Waals surface area contributed by atoms with Crippen molar-refractivity contribution in [3.05, 3.63) is 77.4 Å². The number of aliphatic hydroxyl groups excluding tert-OH is 1. The lowest BCUT2D eigenvalue weighted by Crippen LogP contribution is -2.28. The predicted molar refractivity (Wildman–Crippen MR) is 94.6 cm³/mol. The number of aryl methyl sites for hydroxylation is 2. The highest BCUT2D eigenvalue weighted by atomic mass is 16.3. The molecule has 0 spiro atoms. The van der Waals surface area contributed by atoms with Crippen LogP contribution < -0.4 is 5.32 Å². The maximum Gasteiger partial charge on any atom is 0.251 e. The Hall–Kier alpha value is -2.99. The maximum absolute atomic E-state index is 12.2. The Morgan fingerprint density at radius 2 is 1.84 bits per heavy atom. The number of hydrogen-bond donors (Lipinski definition) is 2. The van der Waals surface area contributed by atoms with E-state index < -0.39 is 6.10 Å². The van der Waals surface area contributed by atoms with Gasteiger partial charge in [-0.25, -0.2) is 4.68 Å². The lowest BCUT2D eigenvalue weighted by atomic mass is 10.1. The molecule has 1 aromatic carbocycles. The van der Waals surface area contributed by atoms with Crippen LogP contribution in [0.5, 0.6) is 0 Å². The minimum absolute atomic E-state index is 0.141. The molecule has 0 radical (unpaired) electrons. The number of nitrogens with zero attached hydrogens (tertiary/aromatic N) is 3. The average molecular weight is 336 g/mol. The fourth-order valence-corrected chi connectivity index (χ4v) is 2.64. The van der Waals surface area contributed by atoms with E-state index in [1.807, 2.05) is 36.7 Å². The molecule has 2 aromatic heterocycles. The molecule has 25 heavy (non-hydrogen) atoms. The van der Waals surface area contributed by atoms with Crippen LogP contribution in [0.2, 0.25) is 0 Å². The zero-order valence-electron chi connectivity index (χ0n) is 14.2. The van der Waals surface area contributed by atoms with Gasteiger partial charge in [-0.3, -0.25) is 9.78 Å². The summed E-state index contributed by atoms with van der Waals surface area (Å²) in [6.07, 6.45) is 2.46. The largest absolute Gasteiger partial charge is 0.387 e. The van der Waals surface area contributed by atoms with Crippen molar-refractivity contribution in [1.29, 1.82) is 0 Å². The average Bonchev–Trinajstić information content (AvgIpc) is 2.98. The van der Waals surface area contributed by atoms with Gasteiger partial charge in [-0.05, 0) is 61.9 Å². The maximum atomic E-state index is 12.2. The summed E-state index contributed by atoms with van der Waals surface area (Å²) in [5.41, 5.74) is 4.14. The van der Waals surface area contributed by atoms with Crippen molar-refractivity contribution in [2.75, 3.05) is 6.54 Å². The standard InChI is InChI=1S/C19H20N4O2/c1-13-11-14(2)23(22-13)17-5-3-16(4-6-17)19(25)21-12-18(24)15-7-9-20-10-8-15/h3-11,18,24H,12H2,1-2H3,(H,21,25). The summed E-state index contributed by atoms with van der Waals surface area (Å²) in [4.78, 5) is 16.1. The predicted octanol–water partition coefficient (Wildman–Crippen LogP) is 2.35. The smallest absolute Gasteiger partial charge is 0.251 e. The molecule has 3 rings (SSSR count). The molecule has 6 nitrogen and oxygen atoms in total. The van der Waals surface area contributed by atoms with Crippen LogP contribution in [0.1, 0.15) is 33.4 Å². The van der Waals surface area contributed by atoms with E-state index in [0.717, 1.165) is 22.6 Å². The number of aliphatic hydroxyl groups is 1. The third kappa shape index (κ3) is 3.92. The zero-order chi connectivity index (χ0) is 17.8. The summed E-state index contributed by atoms with van der Waals surface area (Å²) >= 11 is 0. The molecule has 2 N–H and O–H groups in total. The molecule has 0 bridgehead atoms. The zero-order valence-corrected chi connectivity index (χ0v) is 14.2. The molecule has 0 aliphatic carbocycles. The van der Waals surface area contributed by atoms with Gasteiger partial charge in [-0.2, -0.15) is 5.10 Å². The van der Waals surface area contributed by atoms with Gasteiger partial charge >= 0.3 is 0 Å². The van der Waals surface area contributed by atoms with Crippen LogP contribution in [0.25, 0.3) is 5.69 Å². The van der Waals surface area contributed by atoms with Crippen molar-refractivity contribution in [2.45, 2.75) is 20.0 Å². The Labute approximate surface area is 146 Å². The molecular formula is C19H20N4O2. The van der Waals surface area contributed by atoms with E-state index in [0.29, 0.717) is 5.56 Å². The first kappa shape index (κ1) is 16.9. The molecule has 0 saturated heterocycles. The van der Waals surface area contributed by atoms with Gasteiger partial charge < -0.3 is 10.4 Å². The van der Waals surface area contributed by atoms with Crippen LogP contribution in [-0.2, 0) is 0 Å². The summed E-state index contributed by atoms with van der Waals surface area (Å²) in [6, 6.07) is 12.7. The lowest BCUT2D eigenvalue weighted by molar-refractivity contribution is 0.0916. The van der Waals surface area contributed by atoms with Crippen molar-refractivity contribution < 1.29 is 9.90 Å². The third-order valence-corrected chi connectivity index (χ3v) is 3.93. The van der Waals surface area contributed by atoms with Gasteiger partial charge in [-0.1, -0.05) is 0 Å². The topological polar surface area (TPSA) is 80.0 Å². The Kier molecular flexibility index (Phi) is 4.90. The third-order valence-electron chi connectivity index (χ3n) is 3.93. The normalized spacial score (nSPS) is 12.0. The van der Waals surface area contributed by atoms with Gasteiger partial charge in [-0.15, -0.1) is 0 Å². The first-order chi connectivity index (χ1) is 12.0. The van der Waals surface area contributed by atoms with E-state index in [2.05, 4.69) is 15.4 Å². The van der Waals surface area contributed by atoms with Crippen molar-refractivity contribution >= 4 is 5.91 Å². The second kappa shape index (κ2) is 7.27. The van der Waals surface area contributed by atoms with E-state index in [4.69, 9.17) is 0 Å². The summed E-state index contributed by atoms with van der Waals surface area (Å²) in [6.45, 7) is 4.07. The van der Waals surface area contributed by atoms with E-state index in [9.17, 15) is 9.90 Å². The first-order valence-electron chi connectivity index (χ1n) is 8.04. The van der Waals surface area contributed by atoms with Gasteiger partial charge in [0, 0.05) is 30.2 Å². The number of nitrogens with one attached hydrogen (secondary N) is 1. The highest BCUT2D eigenvalue weighted by molar-refractivity contribution is 5.94. The number of pyridine rings is 1. The van der Waals surface area contributed by atoms with Gasteiger partial charge in [0.25, 0.3) is 5.91 Å². The molecule has 1 atom stereocenters. The second-order valence-electron chi connectivity index (χ2n) is 5.89. The van der Waals surface area contributed by atoms with Crippen molar-refractivity contribution in [3.8, 4) is 5.69 Å². The van der Waals surface area contributed by atoms with Crippen LogP contribution in [0.15, 0.2) is 54.9 Å². The minimum atomic E-state index is -0.763. The van der Waals surface area contributed by atoms with Crippen LogP contribution >= 0.6 is 0 Å². The van der Waals surface area contributed by atoms with E-state index >= 15 is 0 Å². The number of benzene rings is 1. The van der Waals surface area contributed by atoms with E-state index in [1.165, 1.54) is 0 Å². The quantitative estimate of drug-likeness (QED) is 0.749. The first-order valence-corrected chi connectivity index (χ1v) is 8.04. The fourth-order valence-electron chi connectivity index (χ4n) is 2.64. The Balaban J connectivity index is 1.64. The molecule has 0 aliphatic heterocycles. The molecule has 2 heterocycles. The summed E-state index contributed by atoms with van der Waals surface area (Å²) in [7, 11) is 0. The molecule has 1 amide bonds. The summed E-state index contributed by atoms with van der Waals surface area (Å²) in [5, 5.41) is 17.3. The van der Waals surface area contributed by atoms with Crippen molar-refractivity contribution in [2.24, 2.45) is 0 Å². The number of rotatable bonds is 5. The number of hydrogen-bond acceptors (Lipinski definition) is 4. The Bertz CT molecular complexity index is 857. The van der Waals surface area contributed by atoms with Crippen LogP contribution in [0, 0.1) is 13.8 Å². The monoisotopic (exact) mass is 336 g/mol. The second-order valence-corrected chi connectivity index (χ2v) is 5.89. The van der Waals surface area contributed by atoms with Crippen LogP contribution in [-0.4, -0.2) is 32.3 Å². The molecule has 3 aromatic rings. The molecule has 6 heteroatoms. The van der Waals surface area contributed by atoms with E-state index in [-0.39, 0.29) is 12.5 Å². The van der Waals surface area contributed by atoms with Gasteiger partial charge in [0.15, 0.2) is 0 Å². The Morgan fingerprint density at radius 1 is 1.16 bits per heavy atom. The minimum Gasteiger partial charge on any atom is -0.387 e. The highest BCUT2D eigenvalue weighted by Gasteiger charge is 2.11. The SMILES string of the molecule is Cc1cc(C)n(-c2ccc(C(=O)NCC(O)c3ccncc3)cc2)n1. The summed E-state index contributed by atoms with van der Waals surface area (Å²) < 4.78 is 1.84. The highest BCUT2D eigenvalue weighted by Crippen LogP contribution is 2.14. The van der Waals surface area contributed by atoms with Crippen molar-refractivity contribution in [1.82, 2.24) is 20.1 Å². The number of amides is 1. The van der Waals surface area contributed by atoms with Gasteiger partial charge in [0.2, 0.25) is 0 Å². The Morgan fingerprint density at radius 3 is 2.44 bits per heavy atom. The molecule has 0 aliphatic rings. The number of aromatic nitrogens is 3. The number of carbonyl (C=O) groups excluding carboxylic acids is 1. The fraction of sp³-hybridized carbons (Fsp3) is 0.211. The molecule has 128 valence electrons. The molecular weight excluding hydrogens is 316 g/mol. The van der Waals surface area contributed by atoms with E-state index in [1.54, 1.807) is 36.7 Å². The van der Waals surface area contributed by atoms with Crippen molar-refractivity contribution in [3.63, 3.8) is 0 Å². The molecule has 0 saturated carbocycles. The molecule has 0 fully saturated rings. The van der Waals surface area contributed by atoms with Gasteiger partial charge in [0.1, 0.15) is 0 Å². The molecule has 1 unspecified atom stereocenters.